The van der Waals surface area contributed by atoms with Crippen molar-refractivity contribution in [2.75, 3.05) is 13.7 Å². The molecule has 70 valence electrons. The molecule has 0 aliphatic rings. The van der Waals surface area contributed by atoms with Crippen molar-refractivity contribution >= 4 is 5.84 Å². The minimum atomic E-state index is -2.72. The van der Waals surface area contributed by atoms with Crippen LogP contribution in [0.5, 0.6) is 0 Å². The lowest BCUT2D eigenvalue weighted by atomic mass is 10.0. The Bertz CT molecular complexity index is 203. The molecular weight excluding hydrogens is 169 g/mol. The van der Waals surface area contributed by atoms with E-state index in [1.807, 2.05) is 0 Å². The molecule has 2 nitrogen and oxygen atoms in total. The highest BCUT2D eigenvalue weighted by molar-refractivity contribution is 5.81. The van der Waals surface area contributed by atoms with Crippen LogP contribution in [0.15, 0.2) is 17.4 Å². The predicted octanol–water partition coefficient (Wildman–Crippen LogP) is 1.52. The van der Waals surface area contributed by atoms with Crippen molar-refractivity contribution in [3.05, 3.63) is 12.4 Å². The van der Waals surface area contributed by atoms with E-state index in [1.54, 1.807) is 0 Å². The van der Waals surface area contributed by atoms with Gasteiger partial charge in [-0.2, -0.15) is 0 Å². The van der Waals surface area contributed by atoms with Gasteiger partial charge in [-0.3, -0.25) is 4.99 Å². The number of allylic oxidation sites excluding steroid dienone is 1. The number of halogens is 3. The van der Waals surface area contributed by atoms with E-state index in [4.69, 9.17) is 5.73 Å². The molecule has 0 saturated heterocycles. The summed E-state index contributed by atoms with van der Waals surface area (Å²) in [5.41, 5.74) is 2.39. The molecule has 1 unspecified atom stereocenters. The van der Waals surface area contributed by atoms with Gasteiger partial charge in [-0.25, -0.2) is 13.2 Å². The van der Waals surface area contributed by atoms with Crippen LogP contribution in [0.3, 0.4) is 0 Å². The Morgan fingerprint density at radius 3 is 2.42 bits per heavy atom. The first kappa shape index (κ1) is 11.0. The SMILES string of the molecule is C=C(F)C(F)(CF)CC(N)=NC. The highest BCUT2D eigenvalue weighted by atomic mass is 19.2. The fourth-order valence-corrected chi connectivity index (χ4v) is 0.582. The smallest absolute Gasteiger partial charge is 0.196 e. The monoisotopic (exact) mass is 180 g/mol. The predicted molar refractivity (Wildman–Crippen MR) is 42.2 cm³/mol. The second-order valence-corrected chi connectivity index (χ2v) is 2.40. The fourth-order valence-electron chi connectivity index (χ4n) is 0.582. The molecule has 0 aromatic carbocycles. The molecule has 5 heteroatoms. The summed E-state index contributed by atoms with van der Waals surface area (Å²) in [4.78, 5) is 3.38. The molecule has 0 bridgehead atoms. The molecule has 12 heavy (non-hydrogen) atoms. The van der Waals surface area contributed by atoms with Gasteiger partial charge in [0, 0.05) is 13.5 Å². The van der Waals surface area contributed by atoms with Crippen LogP contribution in [0.25, 0.3) is 0 Å². The van der Waals surface area contributed by atoms with Crippen molar-refractivity contribution in [3.63, 3.8) is 0 Å². The topological polar surface area (TPSA) is 38.4 Å². The summed E-state index contributed by atoms with van der Waals surface area (Å²) in [7, 11) is 1.31. The number of aliphatic imine (C=N–C) groups is 1. The molecule has 0 heterocycles. The Hall–Kier alpha value is -1.00. The van der Waals surface area contributed by atoms with Crippen molar-refractivity contribution in [2.45, 2.75) is 12.1 Å². The molecule has 0 saturated carbocycles. The summed E-state index contributed by atoms with van der Waals surface area (Å²) in [5, 5.41) is 0. The third-order valence-corrected chi connectivity index (χ3v) is 1.45. The van der Waals surface area contributed by atoms with E-state index in [2.05, 4.69) is 11.6 Å². The standard InChI is InChI=1S/C7H11F3N2/c1-5(9)7(10,4-8)3-6(11)12-2/h1,3-4H2,2H3,(H2,11,12). The van der Waals surface area contributed by atoms with E-state index < -0.39 is 24.6 Å². The van der Waals surface area contributed by atoms with Crippen LogP contribution in [-0.2, 0) is 0 Å². The molecule has 0 aromatic rings. The Kier molecular flexibility index (Phi) is 3.79. The van der Waals surface area contributed by atoms with Gasteiger partial charge in [-0.05, 0) is 0 Å². The second kappa shape index (κ2) is 4.13. The minimum absolute atomic E-state index is 0.144. The van der Waals surface area contributed by atoms with Crippen molar-refractivity contribution in [1.82, 2.24) is 0 Å². The zero-order chi connectivity index (χ0) is 9.78. The van der Waals surface area contributed by atoms with Gasteiger partial charge in [-0.1, -0.05) is 6.58 Å². The normalized spacial score (nSPS) is 17.2. The summed E-state index contributed by atoms with van der Waals surface area (Å²) in [6.07, 6.45) is -0.602. The zero-order valence-electron chi connectivity index (χ0n) is 6.78. The largest absolute Gasteiger partial charge is 0.387 e. The Morgan fingerprint density at radius 2 is 2.17 bits per heavy atom. The first-order valence-corrected chi connectivity index (χ1v) is 3.27. The van der Waals surface area contributed by atoms with Gasteiger partial charge in [0.15, 0.2) is 5.67 Å². The molecule has 0 aliphatic heterocycles. The Labute approximate surface area is 69.0 Å². The van der Waals surface area contributed by atoms with Gasteiger partial charge in [0.1, 0.15) is 12.5 Å². The lowest BCUT2D eigenvalue weighted by molar-refractivity contribution is 0.140. The summed E-state index contributed by atoms with van der Waals surface area (Å²) in [5.74, 6) is -1.51. The van der Waals surface area contributed by atoms with Crippen LogP contribution >= 0.6 is 0 Å². The van der Waals surface area contributed by atoms with Crippen molar-refractivity contribution in [2.24, 2.45) is 10.7 Å². The molecule has 2 N–H and O–H groups in total. The maximum Gasteiger partial charge on any atom is 0.196 e. The summed E-state index contributed by atoms with van der Waals surface area (Å²) in [6, 6.07) is 0. The quantitative estimate of drug-likeness (QED) is 0.517. The van der Waals surface area contributed by atoms with E-state index in [9.17, 15) is 13.2 Å². The van der Waals surface area contributed by atoms with Gasteiger partial charge in [0.2, 0.25) is 0 Å². The third-order valence-electron chi connectivity index (χ3n) is 1.45. The van der Waals surface area contributed by atoms with Crippen LogP contribution in [-0.4, -0.2) is 25.2 Å². The fraction of sp³-hybridized carbons (Fsp3) is 0.571. The molecular formula is C7H11F3N2. The average Bonchev–Trinajstić information content (AvgIpc) is 2.03. The third kappa shape index (κ3) is 2.56. The molecule has 0 amide bonds. The van der Waals surface area contributed by atoms with E-state index in [-0.39, 0.29) is 5.84 Å². The number of hydrogen-bond donors (Lipinski definition) is 1. The summed E-state index contributed by atoms with van der Waals surface area (Å²) < 4.78 is 37.4. The Balaban J connectivity index is 4.45. The molecule has 0 fully saturated rings. The number of alkyl halides is 2. The van der Waals surface area contributed by atoms with Gasteiger partial charge >= 0.3 is 0 Å². The average molecular weight is 180 g/mol. The molecule has 0 aliphatic carbocycles. The molecule has 0 aromatic heterocycles. The van der Waals surface area contributed by atoms with Crippen molar-refractivity contribution in [1.29, 1.82) is 0 Å². The number of rotatable bonds is 4. The highest BCUT2D eigenvalue weighted by Crippen LogP contribution is 2.26. The number of nitrogens with zero attached hydrogens (tertiary/aromatic N) is 1. The van der Waals surface area contributed by atoms with Crippen LogP contribution in [0.4, 0.5) is 13.2 Å². The van der Waals surface area contributed by atoms with E-state index in [1.165, 1.54) is 7.05 Å². The second-order valence-electron chi connectivity index (χ2n) is 2.40. The number of nitrogens with two attached hydrogens (primary N) is 1. The maximum atomic E-state index is 13.1. The summed E-state index contributed by atoms with van der Waals surface area (Å²) in [6.45, 7) is 1.21. The lowest BCUT2D eigenvalue weighted by Gasteiger charge is -2.18. The summed E-state index contributed by atoms with van der Waals surface area (Å²) >= 11 is 0. The number of amidine groups is 1. The molecule has 0 rings (SSSR count). The van der Waals surface area contributed by atoms with Crippen molar-refractivity contribution in [3.8, 4) is 0 Å². The van der Waals surface area contributed by atoms with E-state index >= 15 is 0 Å². The van der Waals surface area contributed by atoms with Crippen LogP contribution < -0.4 is 5.73 Å². The van der Waals surface area contributed by atoms with E-state index in [0.29, 0.717) is 0 Å². The number of hydrogen-bond acceptors (Lipinski definition) is 1. The first-order valence-electron chi connectivity index (χ1n) is 3.27. The highest BCUT2D eigenvalue weighted by Gasteiger charge is 2.35. The lowest BCUT2D eigenvalue weighted by Crippen LogP contribution is -2.32. The van der Waals surface area contributed by atoms with Gasteiger partial charge in [0.05, 0.1) is 5.84 Å². The zero-order valence-corrected chi connectivity index (χ0v) is 6.78. The minimum Gasteiger partial charge on any atom is -0.387 e. The van der Waals surface area contributed by atoms with Gasteiger partial charge in [0.25, 0.3) is 0 Å². The maximum absolute atomic E-state index is 13.1. The van der Waals surface area contributed by atoms with Gasteiger partial charge in [-0.15, -0.1) is 0 Å². The van der Waals surface area contributed by atoms with Gasteiger partial charge < -0.3 is 5.73 Å². The van der Waals surface area contributed by atoms with Crippen LogP contribution in [0.1, 0.15) is 6.42 Å². The molecule has 0 spiro atoms. The van der Waals surface area contributed by atoms with Crippen LogP contribution in [0, 0.1) is 0 Å². The molecule has 1 atom stereocenters. The Morgan fingerprint density at radius 1 is 1.67 bits per heavy atom. The molecule has 0 radical (unpaired) electrons. The van der Waals surface area contributed by atoms with Crippen molar-refractivity contribution < 1.29 is 13.2 Å². The van der Waals surface area contributed by atoms with E-state index in [0.717, 1.165) is 0 Å². The van der Waals surface area contributed by atoms with Crippen LogP contribution in [0.2, 0.25) is 0 Å². The first-order chi connectivity index (χ1) is 5.46.